The molecule has 132 valence electrons. The monoisotopic (exact) mass is 369 g/mol. The number of nitrogens with zero attached hydrogens (tertiary/aromatic N) is 1. The topological polar surface area (TPSA) is 54.0 Å². The van der Waals surface area contributed by atoms with Crippen LogP contribution >= 0.6 is 11.6 Å². The number of pyridine rings is 1. The lowest BCUT2D eigenvalue weighted by atomic mass is 10.1. The predicted octanol–water partition coefficient (Wildman–Crippen LogP) is 4.59. The van der Waals surface area contributed by atoms with E-state index in [0.717, 1.165) is 5.56 Å². The molecule has 0 atom stereocenters. The van der Waals surface area contributed by atoms with Gasteiger partial charge in [-0.25, -0.2) is 4.39 Å². The molecule has 1 heterocycles. The molecule has 1 amide bonds. The highest BCUT2D eigenvalue weighted by molar-refractivity contribution is 6.30. The standard InChI is InChI=1S/C20H17ClFN3O/c21-16-4-1-3-14(9-16)7-8-24-20(26)15-10-19(13-23-12-15)25-18-6-2-5-17(22)11-18/h1-6,9-13,25H,7-8H2,(H,24,26). The average Bonchev–Trinajstić information content (AvgIpc) is 2.62. The summed E-state index contributed by atoms with van der Waals surface area (Å²) in [6, 6.07) is 15.3. The fourth-order valence-corrected chi connectivity index (χ4v) is 2.69. The first-order chi connectivity index (χ1) is 12.6. The minimum atomic E-state index is -0.335. The largest absolute Gasteiger partial charge is 0.354 e. The third-order valence-corrected chi connectivity index (χ3v) is 3.94. The van der Waals surface area contributed by atoms with E-state index in [4.69, 9.17) is 11.6 Å². The van der Waals surface area contributed by atoms with Crippen molar-refractivity contribution in [3.05, 3.63) is 89.0 Å². The van der Waals surface area contributed by atoms with Crippen molar-refractivity contribution in [2.24, 2.45) is 0 Å². The molecule has 0 aliphatic carbocycles. The van der Waals surface area contributed by atoms with Gasteiger partial charge in [0.05, 0.1) is 17.4 Å². The smallest absolute Gasteiger partial charge is 0.252 e. The Bertz CT molecular complexity index is 917. The Morgan fingerprint density at radius 1 is 1.04 bits per heavy atom. The predicted molar refractivity (Wildman–Crippen MR) is 101 cm³/mol. The van der Waals surface area contributed by atoms with Crippen LogP contribution in [0, 0.1) is 5.82 Å². The fraction of sp³-hybridized carbons (Fsp3) is 0.100. The lowest BCUT2D eigenvalue weighted by Crippen LogP contribution is -2.25. The van der Waals surface area contributed by atoms with Crippen LogP contribution in [0.15, 0.2) is 67.0 Å². The average molecular weight is 370 g/mol. The van der Waals surface area contributed by atoms with Crippen molar-refractivity contribution in [2.45, 2.75) is 6.42 Å². The van der Waals surface area contributed by atoms with E-state index in [0.29, 0.717) is 34.9 Å². The molecule has 2 N–H and O–H groups in total. The lowest BCUT2D eigenvalue weighted by molar-refractivity contribution is 0.0954. The van der Waals surface area contributed by atoms with Gasteiger partial charge in [0.25, 0.3) is 5.91 Å². The van der Waals surface area contributed by atoms with Crippen molar-refractivity contribution < 1.29 is 9.18 Å². The molecule has 0 unspecified atom stereocenters. The van der Waals surface area contributed by atoms with E-state index in [1.54, 1.807) is 24.4 Å². The number of carbonyl (C=O) groups excluding carboxylic acids is 1. The number of benzene rings is 2. The quantitative estimate of drug-likeness (QED) is 0.668. The van der Waals surface area contributed by atoms with Gasteiger partial charge >= 0.3 is 0 Å². The maximum atomic E-state index is 13.3. The minimum Gasteiger partial charge on any atom is -0.354 e. The van der Waals surface area contributed by atoms with Crippen LogP contribution in [0.2, 0.25) is 5.02 Å². The maximum absolute atomic E-state index is 13.3. The maximum Gasteiger partial charge on any atom is 0.252 e. The third kappa shape index (κ3) is 5.04. The molecule has 0 aliphatic heterocycles. The molecule has 3 aromatic rings. The molecule has 26 heavy (non-hydrogen) atoms. The summed E-state index contributed by atoms with van der Waals surface area (Å²) >= 11 is 5.95. The number of halogens is 2. The number of rotatable bonds is 6. The molecule has 6 heteroatoms. The van der Waals surface area contributed by atoms with Gasteiger partial charge in [-0.3, -0.25) is 9.78 Å². The summed E-state index contributed by atoms with van der Waals surface area (Å²) in [4.78, 5) is 16.4. The van der Waals surface area contributed by atoms with E-state index in [9.17, 15) is 9.18 Å². The second kappa shape index (κ2) is 8.45. The van der Waals surface area contributed by atoms with Crippen molar-refractivity contribution in [3.63, 3.8) is 0 Å². The van der Waals surface area contributed by atoms with Crippen molar-refractivity contribution in [1.29, 1.82) is 0 Å². The van der Waals surface area contributed by atoms with Crippen molar-refractivity contribution in [3.8, 4) is 0 Å². The number of amides is 1. The molecule has 0 saturated carbocycles. The number of hydrogen-bond donors (Lipinski definition) is 2. The van der Waals surface area contributed by atoms with Gasteiger partial charge in [-0.05, 0) is 48.4 Å². The van der Waals surface area contributed by atoms with Crippen LogP contribution < -0.4 is 10.6 Å². The lowest BCUT2D eigenvalue weighted by Gasteiger charge is -2.09. The summed E-state index contributed by atoms with van der Waals surface area (Å²) < 4.78 is 13.3. The Morgan fingerprint density at radius 3 is 2.69 bits per heavy atom. The highest BCUT2D eigenvalue weighted by Crippen LogP contribution is 2.17. The van der Waals surface area contributed by atoms with Gasteiger partial charge in [0, 0.05) is 23.5 Å². The first-order valence-corrected chi connectivity index (χ1v) is 8.48. The van der Waals surface area contributed by atoms with E-state index in [-0.39, 0.29) is 11.7 Å². The molecule has 0 fully saturated rings. The molecule has 2 aromatic carbocycles. The number of anilines is 2. The van der Waals surface area contributed by atoms with Gasteiger partial charge in [0.2, 0.25) is 0 Å². The molecular formula is C20H17ClFN3O. The van der Waals surface area contributed by atoms with Crippen LogP contribution in [0.3, 0.4) is 0 Å². The zero-order valence-corrected chi connectivity index (χ0v) is 14.6. The van der Waals surface area contributed by atoms with Gasteiger partial charge in [-0.2, -0.15) is 0 Å². The zero-order valence-electron chi connectivity index (χ0n) is 13.9. The molecule has 0 spiro atoms. The summed E-state index contributed by atoms with van der Waals surface area (Å²) in [6.07, 6.45) is 3.75. The Labute approximate surface area is 156 Å². The summed E-state index contributed by atoms with van der Waals surface area (Å²) in [5.41, 5.74) is 2.68. The van der Waals surface area contributed by atoms with E-state index < -0.39 is 0 Å². The van der Waals surface area contributed by atoms with E-state index in [1.807, 2.05) is 24.3 Å². The summed E-state index contributed by atoms with van der Waals surface area (Å²) in [7, 11) is 0. The van der Waals surface area contributed by atoms with Crippen LogP contribution in [0.4, 0.5) is 15.8 Å². The first-order valence-electron chi connectivity index (χ1n) is 8.10. The summed E-state index contributed by atoms with van der Waals surface area (Å²) in [6.45, 7) is 0.487. The van der Waals surface area contributed by atoms with E-state index in [2.05, 4.69) is 15.6 Å². The van der Waals surface area contributed by atoms with Gasteiger partial charge in [0.15, 0.2) is 0 Å². The molecule has 0 radical (unpaired) electrons. The fourth-order valence-electron chi connectivity index (χ4n) is 2.48. The third-order valence-electron chi connectivity index (χ3n) is 3.70. The van der Waals surface area contributed by atoms with Gasteiger partial charge in [-0.15, -0.1) is 0 Å². The van der Waals surface area contributed by atoms with Crippen LogP contribution in [0.5, 0.6) is 0 Å². The van der Waals surface area contributed by atoms with Crippen LogP contribution in [-0.2, 0) is 6.42 Å². The number of aromatic nitrogens is 1. The molecule has 0 bridgehead atoms. The van der Waals surface area contributed by atoms with Crippen LogP contribution in [0.1, 0.15) is 15.9 Å². The van der Waals surface area contributed by atoms with Crippen molar-refractivity contribution in [1.82, 2.24) is 10.3 Å². The molecule has 3 rings (SSSR count). The van der Waals surface area contributed by atoms with Gasteiger partial charge in [-0.1, -0.05) is 29.8 Å². The minimum absolute atomic E-state index is 0.220. The van der Waals surface area contributed by atoms with E-state index in [1.165, 1.54) is 18.3 Å². The number of hydrogen-bond acceptors (Lipinski definition) is 3. The van der Waals surface area contributed by atoms with Crippen molar-refractivity contribution >= 4 is 28.9 Å². The molecular weight excluding hydrogens is 353 g/mol. The highest BCUT2D eigenvalue weighted by atomic mass is 35.5. The molecule has 0 aliphatic rings. The van der Waals surface area contributed by atoms with Crippen LogP contribution in [-0.4, -0.2) is 17.4 Å². The highest BCUT2D eigenvalue weighted by Gasteiger charge is 2.07. The molecule has 0 saturated heterocycles. The Kier molecular flexibility index (Phi) is 5.81. The van der Waals surface area contributed by atoms with Crippen molar-refractivity contribution in [2.75, 3.05) is 11.9 Å². The number of nitrogens with one attached hydrogen (secondary N) is 2. The molecule has 4 nitrogen and oxygen atoms in total. The van der Waals surface area contributed by atoms with Gasteiger partial charge < -0.3 is 10.6 Å². The second-order valence-electron chi connectivity index (χ2n) is 5.73. The summed E-state index contributed by atoms with van der Waals surface area (Å²) in [5.74, 6) is -0.555. The first kappa shape index (κ1) is 17.9. The normalized spacial score (nSPS) is 10.4. The van der Waals surface area contributed by atoms with Gasteiger partial charge in [0.1, 0.15) is 5.82 Å². The Balaban J connectivity index is 1.59. The van der Waals surface area contributed by atoms with E-state index >= 15 is 0 Å². The SMILES string of the molecule is O=C(NCCc1cccc(Cl)c1)c1cncc(Nc2cccc(F)c2)c1. The zero-order chi connectivity index (χ0) is 18.4. The Hall–Kier alpha value is -2.92. The second-order valence-corrected chi connectivity index (χ2v) is 6.17. The van der Waals surface area contributed by atoms with Crippen LogP contribution in [0.25, 0.3) is 0 Å². The Morgan fingerprint density at radius 2 is 1.88 bits per heavy atom. The summed E-state index contributed by atoms with van der Waals surface area (Å²) in [5, 5.41) is 6.56. The number of carbonyl (C=O) groups is 1. The molecule has 1 aromatic heterocycles.